The Balaban J connectivity index is 2.18. The second-order valence-corrected chi connectivity index (χ2v) is 5.61. The Hall–Kier alpha value is -3.37. The van der Waals surface area contributed by atoms with E-state index >= 15 is 0 Å². The van der Waals surface area contributed by atoms with Crippen molar-refractivity contribution in [2.45, 2.75) is 13.3 Å². The summed E-state index contributed by atoms with van der Waals surface area (Å²) in [6.45, 7) is 2.00. The molecule has 2 aromatic rings. The maximum Gasteiger partial charge on any atom is 0.289 e. The van der Waals surface area contributed by atoms with Gasteiger partial charge in [0.05, 0.1) is 4.92 Å². The number of hydrogen-bond acceptors (Lipinski definition) is 5. The van der Waals surface area contributed by atoms with E-state index in [2.05, 4.69) is 10.6 Å². The van der Waals surface area contributed by atoms with Crippen LogP contribution in [-0.2, 0) is 11.2 Å². The smallest absolute Gasteiger partial charge is 0.289 e. The fraction of sp³-hybridized carbons (Fsp3) is 0.111. The SMILES string of the molecule is CCc1ccccc1N/C=C(/C#N)C(=O)Nc1ccc(Cl)c([N+](=O)[O-])c1. The molecule has 0 saturated heterocycles. The number of benzene rings is 2. The molecule has 26 heavy (non-hydrogen) atoms. The minimum atomic E-state index is -0.689. The lowest BCUT2D eigenvalue weighted by atomic mass is 10.1. The van der Waals surface area contributed by atoms with Gasteiger partial charge in [-0.3, -0.25) is 14.9 Å². The van der Waals surface area contributed by atoms with Crippen LogP contribution in [0.25, 0.3) is 0 Å². The van der Waals surface area contributed by atoms with Gasteiger partial charge in [-0.2, -0.15) is 5.26 Å². The summed E-state index contributed by atoms with van der Waals surface area (Å²) in [6, 6.07) is 13.2. The van der Waals surface area contributed by atoms with E-state index < -0.39 is 10.8 Å². The van der Waals surface area contributed by atoms with Crippen LogP contribution in [0.4, 0.5) is 17.1 Å². The van der Waals surface area contributed by atoms with Gasteiger partial charge in [-0.05, 0) is 30.2 Å². The van der Waals surface area contributed by atoms with Crippen molar-refractivity contribution in [3.05, 3.63) is 74.9 Å². The van der Waals surface area contributed by atoms with Gasteiger partial charge in [-0.25, -0.2) is 0 Å². The highest BCUT2D eigenvalue weighted by Gasteiger charge is 2.15. The molecule has 0 aliphatic heterocycles. The monoisotopic (exact) mass is 370 g/mol. The Morgan fingerprint density at radius 2 is 2.08 bits per heavy atom. The molecular weight excluding hydrogens is 356 g/mol. The quantitative estimate of drug-likeness (QED) is 0.341. The maximum absolute atomic E-state index is 12.2. The van der Waals surface area contributed by atoms with Gasteiger partial charge >= 0.3 is 0 Å². The third kappa shape index (κ3) is 4.59. The van der Waals surface area contributed by atoms with Gasteiger partial charge in [0.2, 0.25) is 0 Å². The molecule has 2 aromatic carbocycles. The first-order valence-corrected chi connectivity index (χ1v) is 8.04. The molecule has 2 N–H and O–H groups in total. The number of aryl methyl sites for hydroxylation is 1. The van der Waals surface area contributed by atoms with E-state index in [0.29, 0.717) is 0 Å². The fourth-order valence-electron chi connectivity index (χ4n) is 2.20. The van der Waals surface area contributed by atoms with E-state index in [1.165, 1.54) is 18.3 Å². The zero-order chi connectivity index (χ0) is 19.1. The Morgan fingerprint density at radius 3 is 2.73 bits per heavy atom. The van der Waals surface area contributed by atoms with Crippen molar-refractivity contribution in [3.63, 3.8) is 0 Å². The number of carbonyl (C=O) groups is 1. The van der Waals surface area contributed by atoms with Crippen LogP contribution in [0, 0.1) is 21.4 Å². The van der Waals surface area contributed by atoms with Crippen LogP contribution in [0.2, 0.25) is 5.02 Å². The molecule has 1 amide bonds. The first-order chi connectivity index (χ1) is 12.5. The summed E-state index contributed by atoms with van der Waals surface area (Å²) in [7, 11) is 0. The Labute approximate surface area is 155 Å². The van der Waals surface area contributed by atoms with Crippen molar-refractivity contribution in [2.75, 3.05) is 10.6 Å². The topological polar surface area (TPSA) is 108 Å². The zero-order valence-electron chi connectivity index (χ0n) is 13.8. The highest BCUT2D eigenvalue weighted by Crippen LogP contribution is 2.27. The number of rotatable bonds is 6. The highest BCUT2D eigenvalue weighted by atomic mass is 35.5. The molecule has 0 fully saturated rings. The van der Waals surface area contributed by atoms with Crippen LogP contribution in [0.3, 0.4) is 0 Å². The number of amides is 1. The van der Waals surface area contributed by atoms with Gasteiger partial charge in [-0.1, -0.05) is 36.7 Å². The lowest BCUT2D eigenvalue weighted by molar-refractivity contribution is -0.384. The Kier molecular flexibility index (Phi) is 6.31. The van der Waals surface area contributed by atoms with E-state index in [0.717, 1.165) is 23.7 Å². The lowest BCUT2D eigenvalue weighted by Crippen LogP contribution is -2.14. The first-order valence-electron chi connectivity index (χ1n) is 7.66. The van der Waals surface area contributed by atoms with Crippen molar-refractivity contribution in [2.24, 2.45) is 0 Å². The molecule has 0 aliphatic rings. The second kappa shape index (κ2) is 8.65. The number of halogens is 1. The number of nitrogens with zero attached hydrogens (tertiary/aromatic N) is 2. The van der Waals surface area contributed by atoms with Crippen molar-refractivity contribution >= 4 is 34.6 Å². The molecule has 0 spiro atoms. The number of nitro benzene ring substituents is 1. The largest absolute Gasteiger partial charge is 0.360 e. The number of hydrogen-bond donors (Lipinski definition) is 2. The van der Waals surface area contributed by atoms with E-state index in [4.69, 9.17) is 11.6 Å². The van der Waals surface area contributed by atoms with Gasteiger partial charge < -0.3 is 10.6 Å². The Morgan fingerprint density at radius 1 is 1.35 bits per heavy atom. The number of para-hydroxylation sites is 1. The maximum atomic E-state index is 12.2. The summed E-state index contributed by atoms with van der Waals surface area (Å²) in [5.41, 5.74) is 1.49. The molecule has 7 nitrogen and oxygen atoms in total. The Bertz CT molecular complexity index is 919. The number of nitrogens with one attached hydrogen (secondary N) is 2. The van der Waals surface area contributed by atoms with Crippen LogP contribution in [0.5, 0.6) is 0 Å². The molecule has 0 aliphatic carbocycles. The van der Waals surface area contributed by atoms with Gasteiger partial charge in [0, 0.05) is 23.6 Å². The summed E-state index contributed by atoms with van der Waals surface area (Å²) in [4.78, 5) is 22.5. The highest BCUT2D eigenvalue weighted by molar-refractivity contribution is 6.32. The fourth-order valence-corrected chi connectivity index (χ4v) is 2.38. The summed E-state index contributed by atoms with van der Waals surface area (Å²) in [6.07, 6.45) is 2.09. The zero-order valence-corrected chi connectivity index (χ0v) is 14.6. The van der Waals surface area contributed by atoms with Crippen molar-refractivity contribution in [3.8, 4) is 6.07 Å². The molecule has 0 bridgehead atoms. The molecule has 0 unspecified atom stereocenters. The van der Waals surface area contributed by atoms with E-state index in [9.17, 15) is 20.2 Å². The van der Waals surface area contributed by atoms with Crippen molar-refractivity contribution in [1.29, 1.82) is 5.26 Å². The summed E-state index contributed by atoms with van der Waals surface area (Å²) < 4.78 is 0. The minimum absolute atomic E-state index is 0.0399. The predicted molar refractivity (Wildman–Crippen MR) is 99.9 cm³/mol. The van der Waals surface area contributed by atoms with Crippen LogP contribution < -0.4 is 10.6 Å². The molecule has 0 heterocycles. The third-order valence-corrected chi connectivity index (χ3v) is 3.86. The molecule has 0 saturated carbocycles. The molecule has 0 atom stereocenters. The van der Waals surface area contributed by atoms with E-state index in [-0.39, 0.29) is 22.0 Å². The van der Waals surface area contributed by atoms with Crippen molar-refractivity contribution in [1.82, 2.24) is 0 Å². The third-order valence-electron chi connectivity index (χ3n) is 3.54. The molecule has 2 rings (SSSR count). The van der Waals surface area contributed by atoms with Gasteiger partial charge in [0.25, 0.3) is 11.6 Å². The average Bonchev–Trinajstić information content (AvgIpc) is 2.63. The van der Waals surface area contributed by atoms with Gasteiger partial charge in [0.1, 0.15) is 16.7 Å². The first kappa shape index (κ1) is 19.0. The van der Waals surface area contributed by atoms with E-state index in [1.54, 1.807) is 6.07 Å². The molecule has 0 radical (unpaired) electrons. The standard InChI is InChI=1S/C18H15ClN4O3/c1-2-12-5-3-4-6-16(12)21-11-13(10-20)18(24)22-14-7-8-15(19)17(9-14)23(25)26/h3-9,11,21H,2H2,1H3,(H,22,24)/b13-11-. The molecular formula is C18H15ClN4O3. The minimum Gasteiger partial charge on any atom is -0.360 e. The normalized spacial score (nSPS) is 10.7. The van der Waals surface area contributed by atoms with Gasteiger partial charge in [0.15, 0.2) is 0 Å². The van der Waals surface area contributed by atoms with Crippen LogP contribution in [-0.4, -0.2) is 10.8 Å². The molecule has 132 valence electrons. The van der Waals surface area contributed by atoms with E-state index in [1.807, 2.05) is 31.2 Å². The average molecular weight is 371 g/mol. The molecule has 0 aromatic heterocycles. The summed E-state index contributed by atoms with van der Waals surface area (Å²) >= 11 is 5.74. The number of carbonyl (C=O) groups excluding carboxylic acids is 1. The van der Waals surface area contributed by atoms with Crippen LogP contribution >= 0.6 is 11.6 Å². The second-order valence-electron chi connectivity index (χ2n) is 5.20. The lowest BCUT2D eigenvalue weighted by Gasteiger charge is -2.08. The summed E-state index contributed by atoms with van der Waals surface area (Å²) in [5.74, 6) is -0.689. The molecule has 8 heteroatoms. The summed E-state index contributed by atoms with van der Waals surface area (Å²) in [5, 5.41) is 25.5. The van der Waals surface area contributed by atoms with Crippen LogP contribution in [0.1, 0.15) is 12.5 Å². The number of nitro groups is 1. The van der Waals surface area contributed by atoms with Gasteiger partial charge in [-0.15, -0.1) is 0 Å². The number of nitriles is 1. The number of anilines is 2. The predicted octanol–water partition coefficient (Wildman–Crippen LogP) is 4.27. The van der Waals surface area contributed by atoms with Crippen molar-refractivity contribution < 1.29 is 9.72 Å². The van der Waals surface area contributed by atoms with Crippen LogP contribution in [0.15, 0.2) is 54.2 Å².